The van der Waals surface area contributed by atoms with Crippen molar-refractivity contribution in [2.24, 2.45) is 17.8 Å². The van der Waals surface area contributed by atoms with Crippen molar-refractivity contribution in [2.75, 3.05) is 6.61 Å². The number of benzene rings is 3. The summed E-state index contributed by atoms with van der Waals surface area (Å²) in [6.45, 7) is 2.23. The van der Waals surface area contributed by atoms with Crippen LogP contribution in [-0.4, -0.2) is 23.6 Å². The first-order valence-corrected chi connectivity index (χ1v) is 15.3. The van der Waals surface area contributed by atoms with Crippen molar-refractivity contribution < 1.29 is 28.2 Å². The van der Waals surface area contributed by atoms with Crippen molar-refractivity contribution in [1.82, 2.24) is 5.32 Å². The van der Waals surface area contributed by atoms with Gasteiger partial charge in [-0.3, -0.25) is 4.79 Å². The SMILES string of the molecule is CCCOc1cc(F)c(C/C(=C/c2ccccc2)C(=O)O)cc1CNC(=O)c1ccc(C23CC4CC(CC2C4)C3)cc1F. The van der Waals surface area contributed by atoms with Crippen LogP contribution in [0.5, 0.6) is 5.75 Å². The largest absolute Gasteiger partial charge is 0.493 e. The van der Waals surface area contributed by atoms with Gasteiger partial charge in [0.05, 0.1) is 12.2 Å². The van der Waals surface area contributed by atoms with Crippen LogP contribution in [0.3, 0.4) is 0 Å². The number of ether oxygens (including phenoxy) is 1. The van der Waals surface area contributed by atoms with Crippen LogP contribution in [0, 0.1) is 29.4 Å². The number of rotatable bonds is 11. The number of amides is 1. The minimum absolute atomic E-state index is 0.0213. The Morgan fingerprint density at radius 1 is 0.977 bits per heavy atom. The van der Waals surface area contributed by atoms with E-state index >= 15 is 8.78 Å². The summed E-state index contributed by atoms with van der Waals surface area (Å²) in [7, 11) is 0. The fraction of sp³-hybridized carbons (Fsp3) is 0.389. The monoisotopic (exact) mass is 585 g/mol. The molecule has 2 N–H and O–H groups in total. The molecule has 224 valence electrons. The minimum Gasteiger partial charge on any atom is -0.493 e. The Morgan fingerprint density at radius 2 is 1.72 bits per heavy atom. The number of halogens is 2. The number of carboxylic acids is 1. The molecule has 4 fully saturated rings. The Bertz CT molecular complexity index is 1550. The molecule has 2 atom stereocenters. The van der Waals surface area contributed by atoms with Gasteiger partial charge in [0.1, 0.15) is 17.4 Å². The zero-order chi connectivity index (χ0) is 30.1. The van der Waals surface area contributed by atoms with Gasteiger partial charge in [-0.05, 0) is 103 Å². The highest BCUT2D eigenvalue weighted by molar-refractivity contribution is 5.94. The van der Waals surface area contributed by atoms with Crippen molar-refractivity contribution in [3.05, 3.63) is 106 Å². The Morgan fingerprint density at radius 3 is 2.40 bits per heavy atom. The van der Waals surface area contributed by atoms with Crippen molar-refractivity contribution in [3.63, 3.8) is 0 Å². The lowest BCUT2D eigenvalue weighted by molar-refractivity contribution is -0.132. The normalized spacial score (nSPS) is 23.9. The predicted molar refractivity (Wildman–Crippen MR) is 161 cm³/mol. The van der Waals surface area contributed by atoms with Crippen molar-refractivity contribution >= 4 is 18.0 Å². The van der Waals surface area contributed by atoms with Gasteiger partial charge in [-0.1, -0.05) is 43.3 Å². The first-order valence-electron chi connectivity index (χ1n) is 15.3. The molecule has 3 aromatic rings. The van der Waals surface area contributed by atoms with Gasteiger partial charge >= 0.3 is 5.97 Å². The molecule has 2 unspecified atom stereocenters. The van der Waals surface area contributed by atoms with Crippen molar-refractivity contribution in [1.29, 1.82) is 0 Å². The Kier molecular flexibility index (Phi) is 8.08. The lowest BCUT2D eigenvalue weighted by Crippen LogP contribution is -2.29. The highest BCUT2D eigenvalue weighted by Crippen LogP contribution is 2.65. The van der Waals surface area contributed by atoms with Gasteiger partial charge < -0.3 is 15.2 Å². The summed E-state index contributed by atoms with van der Waals surface area (Å²) in [6.07, 6.45) is 8.06. The molecule has 0 heterocycles. The van der Waals surface area contributed by atoms with E-state index in [9.17, 15) is 14.7 Å². The van der Waals surface area contributed by atoms with E-state index in [1.165, 1.54) is 37.5 Å². The Hall–Kier alpha value is -4.00. The van der Waals surface area contributed by atoms with E-state index < -0.39 is 23.5 Å². The molecule has 3 aromatic carbocycles. The van der Waals surface area contributed by atoms with Crippen LogP contribution in [0.15, 0.2) is 66.2 Å². The smallest absolute Gasteiger partial charge is 0.331 e. The summed E-state index contributed by atoms with van der Waals surface area (Å²) in [6, 6.07) is 16.8. The molecular formula is C36H37F2NO4. The van der Waals surface area contributed by atoms with Crippen LogP contribution in [0.4, 0.5) is 8.78 Å². The first-order chi connectivity index (χ1) is 20.8. The quantitative estimate of drug-likeness (QED) is 0.229. The van der Waals surface area contributed by atoms with E-state index in [0.29, 0.717) is 30.1 Å². The lowest BCUT2D eigenvalue weighted by Gasteiger charge is -2.33. The summed E-state index contributed by atoms with van der Waals surface area (Å²) >= 11 is 0. The molecule has 0 aromatic heterocycles. The maximum Gasteiger partial charge on any atom is 0.331 e. The van der Waals surface area contributed by atoms with E-state index in [1.54, 1.807) is 36.4 Å². The summed E-state index contributed by atoms with van der Waals surface area (Å²) in [5.74, 6) is -0.486. The van der Waals surface area contributed by atoms with Gasteiger partial charge in [-0.15, -0.1) is 0 Å². The molecule has 43 heavy (non-hydrogen) atoms. The van der Waals surface area contributed by atoms with Gasteiger partial charge in [0.15, 0.2) is 0 Å². The molecule has 4 saturated carbocycles. The lowest BCUT2D eigenvalue weighted by atomic mass is 9.71. The molecule has 4 bridgehead atoms. The zero-order valence-corrected chi connectivity index (χ0v) is 24.4. The molecule has 7 rings (SSSR count). The van der Waals surface area contributed by atoms with E-state index in [4.69, 9.17) is 4.74 Å². The van der Waals surface area contributed by atoms with E-state index in [0.717, 1.165) is 30.2 Å². The van der Waals surface area contributed by atoms with E-state index in [2.05, 4.69) is 5.32 Å². The van der Waals surface area contributed by atoms with Crippen molar-refractivity contribution in [2.45, 2.75) is 63.8 Å². The third kappa shape index (κ3) is 5.82. The summed E-state index contributed by atoms with van der Waals surface area (Å²) in [5.41, 5.74) is 2.40. The molecule has 0 radical (unpaired) electrons. The van der Waals surface area contributed by atoms with Crippen LogP contribution in [-0.2, 0) is 23.2 Å². The second-order valence-electron chi connectivity index (χ2n) is 12.5. The molecule has 0 aliphatic heterocycles. The number of carboxylic acid groups (broad SMARTS) is 1. The highest BCUT2D eigenvalue weighted by Gasteiger charge is 2.58. The summed E-state index contributed by atoms with van der Waals surface area (Å²) in [5, 5.41) is 12.6. The van der Waals surface area contributed by atoms with Gasteiger partial charge in [-0.2, -0.15) is 0 Å². The van der Waals surface area contributed by atoms with Gasteiger partial charge in [0, 0.05) is 30.2 Å². The third-order valence-corrected chi connectivity index (χ3v) is 9.71. The fourth-order valence-corrected chi connectivity index (χ4v) is 7.96. The van der Waals surface area contributed by atoms with Crippen LogP contribution < -0.4 is 10.1 Å². The van der Waals surface area contributed by atoms with Gasteiger partial charge in [-0.25, -0.2) is 13.6 Å². The van der Waals surface area contributed by atoms with E-state index in [-0.39, 0.29) is 40.8 Å². The third-order valence-electron chi connectivity index (χ3n) is 9.71. The number of carbonyl (C=O) groups is 2. The molecule has 0 saturated heterocycles. The maximum atomic E-state index is 15.4. The molecular weight excluding hydrogens is 548 g/mol. The maximum absolute atomic E-state index is 15.4. The van der Waals surface area contributed by atoms with Crippen LogP contribution in [0.1, 0.15) is 78.1 Å². The molecule has 4 aliphatic carbocycles. The number of hydrogen-bond acceptors (Lipinski definition) is 3. The molecule has 7 heteroatoms. The van der Waals surface area contributed by atoms with Crippen LogP contribution in [0.2, 0.25) is 0 Å². The second kappa shape index (κ2) is 11.9. The minimum atomic E-state index is -1.15. The number of nitrogens with one attached hydrogen (secondary N) is 1. The molecule has 4 aliphatic rings. The first kappa shape index (κ1) is 29.1. The number of hydrogen-bond donors (Lipinski definition) is 2. The summed E-state index contributed by atoms with van der Waals surface area (Å²) < 4.78 is 36.4. The molecule has 1 amide bonds. The fourth-order valence-electron chi connectivity index (χ4n) is 7.96. The van der Waals surface area contributed by atoms with Gasteiger partial charge in [0.25, 0.3) is 5.91 Å². The van der Waals surface area contributed by atoms with Crippen LogP contribution in [0.25, 0.3) is 6.08 Å². The topological polar surface area (TPSA) is 75.6 Å². The average Bonchev–Trinajstić information content (AvgIpc) is 3.40. The van der Waals surface area contributed by atoms with Crippen LogP contribution >= 0.6 is 0 Å². The average molecular weight is 586 g/mol. The highest BCUT2D eigenvalue weighted by atomic mass is 19.1. The molecule has 0 spiro atoms. The number of carbonyl (C=O) groups excluding carboxylic acids is 1. The Labute approximate surface area is 251 Å². The van der Waals surface area contributed by atoms with Crippen molar-refractivity contribution in [3.8, 4) is 5.75 Å². The number of aliphatic carboxylic acids is 1. The molecule has 5 nitrogen and oxygen atoms in total. The Balaban J connectivity index is 1.21. The standard InChI is InChI=1S/C36H37F2NO4/c1-2-10-43-33-18-31(37)25(15-26(35(41)42)12-22-6-4-3-5-7-22)16-27(33)21-39-34(40)30-9-8-28(17-32(30)38)36-19-23-11-24(20-36)14-29(36)13-23/h3-9,12,16-18,23-24,29H,2,10-11,13-15,19-21H2,1H3,(H,39,40)(H,41,42)/b26-12-. The van der Waals surface area contributed by atoms with E-state index in [1.807, 2.05) is 19.1 Å². The summed E-state index contributed by atoms with van der Waals surface area (Å²) in [4.78, 5) is 25.1. The zero-order valence-electron chi connectivity index (χ0n) is 24.4. The second-order valence-corrected chi connectivity index (χ2v) is 12.5. The van der Waals surface area contributed by atoms with Gasteiger partial charge in [0.2, 0.25) is 0 Å². The predicted octanol–water partition coefficient (Wildman–Crippen LogP) is 7.47.